The molecule has 4 heteroatoms. The Morgan fingerprint density at radius 2 is 2.08 bits per heavy atom. The van der Waals surface area contributed by atoms with E-state index in [0.717, 1.165) is 6.42 Å². The molecule has 1 aliphatic rings. The lowest BCUT2D eigenvalue weighted by Crippen LogP contribution is -2.53. The number of aliphatic hydroxyl groups is 1. The molecular weight excluding hydrogens is 170 g/mol. The van der Waals surface area contributed by atoms with Crippen molar-refractivity contribution in [2.24, 2.45) is 0 Å². The van der Waals surface area contributed by atoms with E-state index in [1.165, 1.54) is 0 Å². The first-order valence-electron chi connectivity index (χ1n) is 4.59. The summed E-state index contributed by atoms with van der Waals surface area (Å²) in [5, 5.41) is 9.83. The fraction of sp³-hybridized carbons (Fsp3) is 1.00. The van der Waals surface area contributed by atoms with Crippen LogP contribution in [0.4, 0.5) is 0 Å². The van der Waals surface area contributed by atoms with Crippen molar-refractivity contribution in [3.63, 3.8) is 0 Å². The fourth-order valence-electron chi connectivity index (χ4n) is 1.74. The largest absolute Gasteiger partial charge is 0.386 e. The summed E-state index contributed by atoms with van der Waals surface area (Å²) in [6.45, 7) is 1.99. The summed E-state index contributed by atoms with van der Waals surface area (Å²) in [5.41, 5.74) is 0. The molecule has 13 heavy (non-hydrogen) atoms. The molecule has 0 aromatic heterocycles. The Morgan fingerprint density at radius 3 is 2.54 bits per heavy atom. The van der Waals surface area contributed by atoms with Gasteiger partial charge in [0.25, 0.3) is 0 Å². The SMILES string of the molecule is CO[C@@H]1O[C@H](C)C[C@H](N(C)C)[C@H]1O. The first-order valence-corrected chi connectivity index (χ1v) is 4.59. The summed E-state index contributed by atoms with van der Waals surface area (Å²) in [6.07, 6.45) is -0.0679. The second kappa shape index (κ2) is 4.37. The van der Waals surface area contributed by atoms with Gasteiger partial charge in [-0.3, -0.25) is 0 Å². The summed E-state index contributed by atoms with van der Waals surface area (Å²) in [6, 6.07) is 0.119. The molecule has 4 atom stereocenters. The Bertz CT molecular complexity index is 163. The number of ether oxygens (including phenoxy) is 2. The van der Waals surface area contributed by atoms with Gasteiger partial charge in [-0.25, -0.2) is 0 Å². The minimum atomic E-state index is -0.559. The van der Waals surface area contributed by atoms with Crippen LogP contribution in [0, 0.1) is 0 Å². The molecule has 1 rings (SSSR count). The monoisotopic (exact) mass is 189 g/mol. The molecule has 0 saturated carbocycles. The maximum atomic E-state index is 9.83. The zero-order valence-corrected chi connectivity index (χ0v) is 8.73. The van der Waals surface area contributed by atoms with Crippen LogP contribution in [0.25, 0.3) is 0 Å². The second-order valence-corrected chi connectivity index (χ2v) is 3.81. The van der Waals surface area contributed by atoms with Crippen LogP contribution in [0.5, 0.6) is 0 Å². The van der Waals surface area contributed by atoms with Gasteiger partial charge in [0.15, 0.2) is 6.29 Å². The standard InChI is InChI=1S/C9H19NO3/c1-6-5-7(10(2)3)8(11)9(12-4)13-6/h6-9,11H,5H2,1-4H3/t6-,7+,8-,9-/m1/s1. The van der Waals surface area contributed by atoms with E-state index in [1.807, 2.05) is 25.9 Å². The number of hydrogen-bond donors (Lipinski definition) is 1. The third kappa shape index (κ3) is 2.40. The molecule has 0 radical (unpaired) electrons. The highest BCUT2D eigenvalue weighted by Gasteiger charge is 2.37. The van der Waals surface area contributed by atoms with Crippen molar-refractivity contribution in [1.82, 2.24) is 4.90 Å². The Kier molecular flexibility index (Phi) is 3.67. The molecule has 0 bridgehead atoms. The number of hydrogen-bond acceptors (Lipinski definition) is 4. The number of methoxy groups -OCH3 is 1. The van der Waals surface area contributed by atoms with E-state index in [-0.39, 0.29) is 12.1 Å². The van der Waals surface area contributed by atoms with E-state index in [9.17, 15) is 5.11 Å². The van der Waals surface area contributed by atoms with Crippen LogP contribution in [-0.2, 0) is 9.47 Å². The molecule has 1 N–H and O–H groups in total. The zero-order chi connectivity index (χ0) is 10.0. The van der Waals surface area contributed by atoms with Crippen molar-refractivity contribution in [2.45, 2.75) is 37.9 Å². The first kappa shape index (κ1) is 10.9. The summed E-state index contributed by atoms with van der Waals surface area (Å²) in [4.78, 5) is 2.01. The fourth-order valence-corrected chi connectivity index (χ4v) is 1.74. The molecule has 0 spiro atoms. The topological polar surface area (TPSA) is 41.9 Å². The van der Waals surface area contributed by atoms with Crippen LogP contribution in [0.3, 0.4) is 0 Å². The molecular formula is C9H19NO3. The number of aliphatic hydroxyl groups excluding tert-OH is 1. The van der Waals surface area contributed by atoms with E-state index >= 15 is 0 Å². The van der Waals surface area contributed by atoms with E-state index in [2.05, 4.69) is 0 Å². The molecule has 0 amide bonds. The normalized spacial score (nSPS) is 41.1. The van der Waals surface area contributed by atoms with E-state index < -0.39 is 12.4 Å². The van der Waals surface area contributed by atoms with Crippen LogP contribution in [0.2, 0.25) is 0 Å². The molecule has 0 aromatic carbocycles. The molecule has 0 aliphatic carbocycles. The molecule has 1 fully saturated rings. The van der Waals surface area contributed by atoms with E-state index in [4.69, 9.17) is 9.47 Å². The van der Waals surface area contributed by atoms with Gasteiger partial charge in [-0.2, -0.15) is 0 Å². The Labute approximate surface area is 79.4 Å². The lowest BCUT2D eigenvalue weighted by atomic mass is 9.99. The lowest BCUT2D eigenvalue weighted by molar-refractivity contribution is -0.242. The van der Waals surface area contributed by atoms with Crippen LogP contribution in [0.15, 0.2) is 0 Å². The first-order chi connectivity index (χ1) is 6.06. The maximum Gasteiger partial charge on any atom is 0.184 e. The second-order valence-electron chi connectivity index (χ2n) is 3.81. The lowest BCUT2D eigenvalue weighted by Gasteiger charge is -2.40. The van der Waals surface area contributed by atoms with Crippen molar-refractivity contribution in [3.8, 4) is 0 Å². The number of rotatable bonds is 2. The van der Waals surface area contributed by atoms with Crippen LogP contribution >= 0.6 is 0 Å². The zero-order valence-electron chi connectivity index (χ0n) is 8.73. The molecule has 0 unspecified atom stereocenters. The summed E-state index contributed by atoms with van der Waals surface area (Å²) >= 11 is 0. The quantitative estimate of drug-likeness (QED) is 0.667. The van der Waals surface area contributed by atoms with Gasteiger partial charge < -0.3 is 19.5 Å². The van der Waals surface area contributed by atoms with E-state index in [1.54, 1.807) is 7.11 Å². The van der Waals surface area contributed by atoms with Crippen LogP contribution < -0.4 is 0 Å². The Balaban J connectivity index is 2.63. The minimum absolute atomic E-state index is 0.119. The minimum Gasteiger partial charge on any atom is -0.386 e. The Hall–Kier alpha value is -0.160. The molecule has 1 saturated heterocycles. The molecule has 1 heterocycles. The average Bonchev–Trinajstić information content (AvgIpc) is 2.08. The number of likely N-dealkylation sites (N-methyl/N-ethyl adjacent to an activating group) is 1. The maximum absolute atomic E-state index is 9.83. The smallest absolute Gasteiger partial charge is 0.184 e. The van der Waals surface area contributed by atoms with Gasteiger partial charge in [-0.1, -0.05) is 0 Å². The van der Waals surface area contributed by atoms with Gasteiger partial charge >= 0.3 is 0 Å². The van der Waals surface area contributed by atoms with Crippen molar-refractivity contribution < 1.29 is 14.6 Å². The van der Waals surface area contributed by atoms with Gasteiger partial charge in [0.1, 0.15) is 6.10 Å². The Morgan fingerprint density at radius 1 is 1.46 bits per heavy atom. The molecule has 1 aliphatic heterocycles. The van der Waals surface area contributed by atoms with Crippen molar-refractivity contribution >= 4 is 0 Å². The third-order valence-electron chi connectivity index (χ3n) is 2.51. The summed E-state index contributed by atoms with van der Waals surface area (Å²) < 4.78 is 10.5. The summed E-state index contributed by atoms with van der Waals surface area (Å²) in [5.74, 6) is 0. The molecule has 78 valence electrons. The van der Waals surface area contributed by atoms with Gasteiger partial charge in [-0.15, -0.1) is 0 Å². The van der Waals surface area contributed by atoms with Crippen molar-refractivity contribution in [1.29, 1.82) is 0 Å². The van der Waals surface area contributed by atoms with Gasteiger partial charge in [0.05, 0.1) is 6.10 Å². The van der Waals surface area contributed by atoms with Crippen LogP contribution in [0.1, 0.15) is 13.3 Å². The predicted molar refractivity (Wildman–Crippen MR) is 49.4 cm³/mol. The van der Waals surface area contributed by atoms with Gasteiger partial charge in [0, 0.05) is 13.2 Å². The van der Waals surface area contributed by atoms with Gasteiger partial charge in [0.2, 0.25) is 0 Å². The van der Waals surface area contributed by atoms with Gasteiger partial charge in [-0.05, 0) is 27.4 Å². The van der Waals surface area contributed by atoms with Crippen molar-refractivity contribution in [3.05, 3.63) is 0 Å². The third-order valence-corrected chi connectivity index (χ3v) is 2.51. The van der Waals surface area contributed by atoms with E-state index in [0.29, 0.717) is 0 Å². The highest BCUT2D eigenvalue weighted by Crippen LogP contribution is 2.23. The average molecular weight is 189 g/mol. The highest BCUT2D eigenvalue weighted by atomic mass is 16.7. The summed E-state index contributed by atoms with van der Waals surface area (Å²) in [7, 11) is 5.47. The predicted octanol–water partition coefficient (Wildman–Crippen LogP) is 0.0588. The van der Waals surface area contributed by atoms with Crippen LogP contribution in [-0.4, -0.2) is 55.8 Å². The molecule has 4 nitrogen and oxygen atoms in total. The highest BCUT2D eigenvalue weighted by molar-refractivity contribution is 4.84. The molecule has 0 aromatic rings. The number of nitrogens with zero attached hydrogens (tertiary/aromatic N) is 1. The van der Waals surface area contributed by atoms with Crippen molar-refractivity contribution in [2.75, 3.05) is 21.2 Å².